The molecule has 0 spiro atoms. The van der Waals surface area contributed by atoms with Crippen molar-refractivity contribution in [3.05, 3.63) is 76.2 Å². The fourth-order valence-electron chi connectivity index (χ4n) is 3.86. The molecule has 2 heterocycles. The molecule has 34 heavy (non-hydrogen) atoms. The number of morpholine rings is 1. The number of ether oxygens (including phenoxy) is 1. The summed E-state index contributed by atoms with van der Waals surface area (Å²) < 4.78 is 5.39. The third-order valence-corrected chi connectivity index (χ3v) is 6.68. The van der Waals surface area contributed by atoms with Gasteiger partial charge in [0.15, 0.2) is 0 Å². The van der Waals surface area contributed by atoms with E-state index in [1.54, 1.807) is 5.38 Å². The maximum absolute atomic E-state index is 12.9. The number of aryl methyl sites for hydroxylation is 2. The molecule has 7 nitrogen and oxygen atoms in total. The first-order chi connectivity index (χ1) is 16.6. The Hall–Kier alpha value is -3.23. The molecular formula is C26H30N4O3S. The second-order valence-corrected chi connectivity index (χ2v) is 9.07. The van der Waals surface area contributed by atoms with Crippen molar-refractivity contribution in [3.8, 4) is 0 Å². The van der Waals surface area contributed by atoms with E-state index in [2.05, 4.69) is 27.3 Å². The van der Waals surface area contributed by atoms with Gasteiger partial charge in [0, 0.05) is 42.8 Å². The average Bonchev–Trinajstić information content (AvgIpc) is 3.36. The lowest BCUT2D eigenvalue weighted by molar-refractivity contribution is -0.116. The highest BCUT2D eigenvalue weighted by atomic mass is 32.1. The molecular weight excluding hydrogens is 448 g/mol. The number of rotatable bonds is 9. The highest BCUT2D eigenvalue weighted by Crippen LogP contribution is 2.19. The topological polar surface area (TPSA) is 74.8 Å². The number of benzene rings is 2. The fourth-order valence-corrected chi connectivity index (χ4v) is 4.63. The van der Waals surface area contributed by atoms with Gasteiger partial charge < -0.3 is 19.9 Å². The van der Waals surface area contributed by atoms with Gasteiger partial charge in [-0.05, 0) is 43.2 Å². The Morgan fingerprint density at radius 1 is 1.06 bits per heavy atom. The molecule has 1 saturated heterocycles. The molecule has 1 aliphatic rings. The molecule has 2 amide bonds. The molecule has 0 aliphatic carbocycles. The molecule has 0 radical (unpaired) electrons. The SMILES string of the molecule is CCN(CC(=O)Nc1ccc(N2CCOCC2)cc1)C(=O)c1csc(CCc2ccccc2)n1. The second-order valence-electron chi connectivity index (χ2n) is 8.13. The van der Waals surface area contributed by atoms with Crippen molar-refractivity contribution >= 4 is 34.5 Å². The Balaban J connectivity index is 1.29. The molecule has 2 aromatic carbocycles. The van der Waals surface area contributed by atoms with E-state index in [4.69, 9.17) is 4.74 Å². The van der Waals surface area contributed by atoms with Crippen molar-refractivity contribution in [1.82, 2.24) is 9.88 Å². The van der Waals surface area contributed by atoms with Crippen LogP contribution in [0.5, 0.6) is 0 Å². The zero-order valence-electron chi connectivity index (χ0n) is 19.4. The van der Waals surface area contributed by atoms with Gasteiger partial charge in [-0.3, -0.25) is 9.59 Å². The number of carbonyl (C=O) groups is 2. The molecule has 0 bridgehead atoms. The van der Waals surface area contributed by atoms with Gasteiger partial charge in [-0.1, -0.05) is 30.3 Å². The van der Waals surface area contributed by atoms with Crippen LogP contribution in [0.2, 0.25) is 0 Å². The van der Waals surface area contributed by atoms with Crippen molar-refractivity contribution in [2.24, 2.45) is 0 Å². The van der Waals surface area contributed by atoms with Crippen LogP contribution in [0.4, 0.5) is 11.4 Å². The lowest BCUT2D eigenvalue weighted by atomic mass is 10.1. The summed E-state index contributed by atoms with van der Waals surface area (Å²) >= 11 is 1.49. The van der Waals surface area contributed by atoms with E-state index in [0.29, 0.717) is 17.9 Å². The maximum atomic E-state index is 12.9. The number of carbonyl (C=O) groups excluding carboxylic acids is 2. The van der Waals surface area contributed by atoms with E-state index in [0.717, 1.165) is 49.8 Å². The molecule has 1 fully saturated rings. The van der Waals surface area contributed by atoms with Crippen molar-refractivity contribution in [2.45, 2.75) is 19.8 Å². The van der Waals surface area contributed by atoms with E-state index in [1.807, 2.05) is 49.4 Å². The van der Waals surface area contributed by atoms with Gasteiger partial charge in [-0.15, -0.1) is 11.3 Å². The second kappa shape index (κ2) is 11.8. The Kier molecular flexibility index (Phi) is 8.27. The van der Waals surface area contributed by atoms with E-state index in [-0.39, 0.29) is 18.4 Å². The number of anilines is 2. The predicted octanol–water partition coefficient (Wildman–Crippen LogP) is 3.87. The zero-order chi connectivity index (χ0) is 23.8. The fraction of sp³-hybridized carbons (Fsp3) is 0.346. The van der Waals surface area contributed by atoms with Gasteiger partial charge in [0.1, 0.15) is 12.2 Å². The summed E-state index contributed by atoms with van der Waals surface area (Å²) in [4.78, 5) is 33.9. The van der Waals surface area contributed by atoms with Crippen molar-refractivity contribution in [3.63, 3.8) is 0 Å². The highest BCUT2D eigenvalue weighted by Gasteiger charge is 2.20. The molecule has 0 unspecified atom stereocenters. The average molecular weight is 479 g/mol. The number of hydrogen-bond donors (Lipinski definition) is 1. The number of hydrogen-bond acceptors (Lipinski definition) is 6. The normalized spacial score (nSPS) is 13.5. The van der Waals surface area contributed by atoms with E-state index >= 15 is 0 Å². The largest absolute Gasteiger partial charge is 0.378 e. The monoisotopic (exact) mass is 478 g/mol. The molecule has 1 aliphatic heterocycles. The number of nitrogens with zero attached hydrogens (tertiary/aromatic N) is 3. The molecule has 0 atom stereocenters. The quantitative estimate of drug-likeness (QED) is 0.505. The van der Waals surface area contributed by atoms with Gasteiger partial charge in [-0.2, -0.15) is 0 Å². The van der Waals surface area contributed by atoms with E-state index in [9.17, 15) is 9.59 Å². The Morgan fingerprint density at radius 2 is 1.79 bits per heavy atom. The van der Waals surface area contributed by atoms with Gasteiger partial charge in [0.05, 0.1) is 18.2 Å². The van der Waals surface area contributed by atoms with Crippen LogP contribution < -0.4 is 10.2 Å². The van der Waals surface area contributed by atoms with Gasteiger partial charge >= 0.3 is 0 Å². The van der Waals surface area contributed by atoms with Crippen molar-refractivity contribution < 1.29 is 14.3 Å². The first kappa shape index (κ1) is 23.9. The highest BCUT2D eigenvalue weighted by molar-refractivity contribution is 7.09. The van der Waals surface area contributed by atoms with Crippen LogP contribution in [0, 0.1) is 0 Å². The van der Waals surface area contributed by atoms with Gasteiger partial charge in [-0.25, -0.2) is 4.98 Å². The first-order valence-corrected chi connectivity index (χ1v) is 12.5. The Bertz CT molecular complexity index is 1080. The van der Waals surface area contributed by atoms with Crippen LogP contribution in [-0.4, -0.2) is 61.1 Å². The predicted molar refractivity (Wildman–Crippen MR) is 136 cm³/mol. The van der Waals surface area contributed by atoms with Crippen molar-refractivity contribution in [2.75, 3.05) is 49.6 Å². The van der Waals surface area contributed by atoms with Gasteiger partial charge in [0.25, 0.3) is 5.91 Å². The number of aromatic nitrogens is 1. The Labute approximate surface area is 204 Å². The summed E-state index contributed by atoms with van der Waals surface area (Å²) in [6.45, 7) is 5.47. The molecule has 178 valence electrons. The standard InChI is InChI=1S/C26H30N4O3S/c1-2-29(26(32)23-19-34-25(28-23)13-8-20-6-4-3-5-7-20)18-24(31)27-21-9-11-22(12-10-21)30-14-16-33-17-15-30/h3-7,9-12,19H,2,8,13-18H2,1H3,(H,27,31). The van der Waals surface area contributed by atoms with E-state index < -0.39 is 0 Å². The lowest BCUT2D eigenvalue weighted by Crippen LogP contribution is -2.38. The summed E-state index contributed by atoms with van der Waals surface area (Å²) in [6, 6.07) is 18.0. The van der Waals surface area contributed by atoms with Crippen molar-refractivity contribution in [1.29, 1.82) is 0 Å². The Morgan fingerprint density at radius 3 is 2.50 bits per heavy atom. The smallest absolute Gasteiger partial charge is 0.273 e. The third-order valence-electron chi connectivity index (χ3n) is 5.77. The molecule has 8 heteroatoms. The van der Waals surface area contributed by atoms with Crippen LogP contribution in [-0.2, 0) is 22.4 Å². The van der Waals surface area contributed by atoms with Gasteiger partial charge in [0.2, 0.25) is 5.91 Å². The van der Waals surface area contributed by atoms with E-state index in [1.165, 1.54) is 21.8 Å². The molecule has 1 aromatic heterocycles. The first-order valence-electron chi connectivity index (χ1n) is 11.6. The molecule has 3 aromatic rings. The van der Waals surface area contributed by atoms with Crippen LogP contribution in [0.1, 0.15) is 28.0 Å². The number of amides is 2. The number of nitrogens with one attached hydrogen (secondary N) is 1. The molecule has 4 rings (SSSR count). The molecule has 0 saturated carbocycles. The van der Waals surface area contributed by atoms with Crippen LogP contribution in [0.3, 0.4) is 0 Å². The summed E-state index contributed by atoms with van der Waals surface area (Å²) in [7, 11) is 0. The minimum Gasteiger partial charge on any atom is -0.378 e. The number of thiazole rings is 1. The maximum Gasteiger partial charge on any atom is 0.273 e. The summed E-state index contributed by atoms with van der Waals surface area (Å²) in [5, 5.41) is 5.60. The minimum atomic E-state index is -0.228. The lowest BCUT2D eigenvalue weighted by Gasteiger charge is -2.29. The van der Waals surface area contributed by atoms with Crippen LogP contribution in [0.25, 0.3) is 0 Å². The summed E-state index contributed by atoms with van der Waals surface area (Å²) in [6.07, 6.45) is 1.67. The number of likely N-dealkylation sites (N-methyl/N-ethyl adjacent to an activating group) is 1. The van der Waals surface area contributed by atoms with Crippen LogP contribution in [0.15, 0.2) is 60.0 Å². The minimum absolute atomic E-state index is 0.0164. The summed E-state index contributed by atoms with van der Waals surface area (Å²) in [5.74, 6) is -0.448. The summed E-state index contributed by atoms with van der Waals surface area (Å²) in [5.41, 5.74) is 3.47. The zero-order valence-corrected chi connectivity index (χ0v) is 20.2. The third kappa shape index (κ3) is 6.42. The van der Waals surface area contributed by atoms with Crippen LogP contribution >= 0.6 is 11.3 Å². The molecule has 1 N–H and O–H groups in total.